The molecule has 7 heteroatoms. The van der Waals surface area contributed by atoms with Crippen molar-refractivity contribution in [3.63, 3.8) is 0 Å². The van der Waals surface area contributed by atoms with Crippen LogP contribution in [0.1, 0.15) is 13.3 Å². The lowest BCUT2D eigenvalue weighted by Gasteiger charge is -2.03. The molecule has 0 saturated carbocycles. The first-order chi connectivity index (χ1) is 10.1. The van der Waals surface area contributed by atoms with Crippen LogP contribution < -0.4 is 0 Å². The third kappa shape index (κ3) is 3.07. The SMILES string of the molecule is CCC(=CCn1ncc2ccc([N+](=O)[O-])cc21)C(=O)OC. The lowest BCUT2D eigenvalue weighted by molar-refractivity contribution is -0.384. The van der Waals surface area contributed by atoms with Gasteiger partial charge in [-0.05, 0) is 12.5 Å². The van der Waals surface area contributed by atoms with Crippen molar-refractivity contribution in [3.8, 4) is 0 Å². The number of fused-ring (bicyclic) bond motifs is 1. The van der Waals surface area contributed by atoms with Crippen molar-refractivity contribution in [3.05, 3.63) is 46.2 Å². The van der Waals surface area contributed by atoms with E-state index in [-0.39, 0.29) is 11.7 Å². The first-order valence-corrected chi connectivity index (χ1v) is 6.44. The van der Waals surface area contributed by atoms with E-state index in [0.717, 1.165) is 5.39 Å². The van der Waals surface area contributed by atoms with Crippen LogP contribution in [0.5, 0.6) is 0 Å². The molecule has 110 valence electrons. The highest BCUT2D eigenvalue weighted by Crippen LogP contribution is 2.20. The number of carbonyl (C=O) groups is 1. The Morgan fingerprint density at radius 2 is 2.29 bits per heavy atom. The first-order valence-electron chi connectivity index (χ1n) is 6.44. The maximum absolute atomic E-state index is 11.5. The van der Waals surface area contributed by atoms with Crippen molar-refractivity contribution in [2.45, 2.75) is 19.9 Å². The Morgan fingerprint density at radius 3 is 2.90 bits per heavy atom. The number of allylic oxidation sites excluding steroid dienone is 1. The molecule has 0 amide bonds. The van der Waals surface area contributed by atoms with Crippen molar-refractivity contribution >= 4 is 22.6 Å². The number of non-ortho nitro benzene ring substituents is 1. The molecule has 0 radical (unpaired) electrons. The molecular formula is C14H15N3O4. The molecule has 2 rings (SSSR count). The summed E-state index contributed by atoms with van der Waals surface area (Å²) < 4.78 is 6.30. The van der Waals surface area contributed by atoms with Crippen LogP contribution in [0.4, 0.5) is 5.69 Å². The Bertz CT molecular complexity index is 718. The van der Waals surface area contributed by atoms with Gasteiger partial charge in [0.1, 0.15) is 0 Å². The van der Waals surface area contributed by atoms with Gasteiger partial charge in [0.2, 0.25) is 0 Å². The van der Waals surface area contributed by atoms with Gasteiger partial charge in [0, 0.05) is 23.1 Å². The average Bonchev–Trinajstić information content (AvgIpc) is 2.89. The van der Waals surface area contributed by atoms with Gasteiger partial charge < -0.3 is 4.74 Å². The summed E-state index contributed by atoms with van der Waals surface area (Å²) in [5.74, 6) is -0.375. The number of ether oxygens (including phenoxy) is 1. The van der Waals surface area contributed by atoms with Gasteiger partial charge in [-0.3, -0.25) is 14.8 Å². The highest BCUT2D eigenvalue weighted by atomic mass is 16.6. The van der Waals surface area contributed by atoms with E-state index >= 15 is 0 Å². The minimum Gasteiger partial charge on any atom is -0.466 e. The van der Waals surface area contributed by atoms with Crippen LogP contribution in [-0.4, -0.2) is 27.8 Å². The lowest BCUT2D eigenvalue weighted by Crippen LogP contribution is -2.06. The van der Waals surface area contributed by atoms with Crippen LogP contribution >= 0.6 is 0 Å². The molecule has 7 nitrogen and oxygen atoms in total. The zero-order valence-corrected chi connectivity index (χ0v) is 11.8. The smallest absolute Gasteiger partial charge is 0.333 e. The average molecular weight is 289 g/mol. The molecule has 1 aromatic carbocycles. The molecule has 1 heterocycles. The Labute approximate surface area is 121 Å². The van der Waals surface area contributed by atoms with Crippen LogP contribution in [0, 0.1) is 10.1 Å². The fourth-order valence-electron chi connectivity index (χ4n) is 2.02. The van der Waals surface area contributed by atoms with Gasteiger partial charge in [-0.2, -0.15) is 5.10 Å². The zero-order valence-electron chi connectivity index (χ0n) is 11.8. The van der Waals surface area contributed by atoms with Crippen LogP contribution in [0.2, 0.25) is 0 Å². The Kier molecular flexibility index (Phi) is 4.32. The Morgan fingerprint density at radius 1 is 1.52 bits per heavy atom. The van der Waals surface area contributed by atoms with Gasteiger partial charge in [0.25, 0.3) is 5.69 Å². The van der Waals surface area contributed by atoms with Gasteiger partial charge in [-0.25, -0.2) is 4.79 Å². The highest BCUT2D eigenvalue weighted by Gasteiger charge is 2.11. The van der Waals surface area contributed by atoms with E-state index in [2.05, 4.69) is 9.84 Å². The second kappa shape index (κ2) is 6.17. The molecule has 21 heavy (non-hydrogen) atoms. The predicted molar refractivity (Wildman–Crippen MR) is 76.8 cm³/mol. The first kappa shape index (κ1) is 14.7. The van der Waals surface area contributed by atoms with Crippen LogP contribution in [0.3, 0.4) is 0 Å². The largest absolute Gasteiger partial charge is 0.466 e. The van der Waals surface area contributed by atoms with Gasteiger partial charge in [0.15, 0.2) is 0 Å². The van der Waals surface area contributed by atoms with Crippen molar-refractivity contribution < 1.29 is 14.5 Å². The minimum absolute atomic E-state index is 0.0110. The molecule has 0 saturated heterocycles. The van der Waals surface area contributed by atoms with Gasteiger partial charge in [0.05, 0.1) is 30.3 Å². The summed E-state index contributed by atoms with van der Waals surface area (Å²) in [4.78, 5) is 21.9. The van der Waals surface area contributed by atoms with Crippen molar-refractivity contribution in [1.82, 2.24) is 9.78 Å². The maximum Gasteiger partial charge on any atom is 0.333 e. The van der Waals surface area contributed by atoms with E-state index in [1.54, 1.807) is 23.0 Å². The standard InChI is InChI=1S/C14H15N3O4/c1-3-10(14(18)21-2)6-7-16-13-8-12(17(19)20)5-4-11(13)9-15-16/h4-6,8-9H,3,7H2,1-2H3. The summed E-state index contributed by atoms with van der Waals surface area (Å²) >= 11 is 0. The highest BCUT2D eigenvalue weighted by molar-refractivity contribution is 5.88. The fourth-order valence-corrected chi connectivity index (χ4v) is 2.02. The quantitative estimate of drug-likeness (QED) is 0.365. The Hall–Kier alpha value is -2.70. The predicted octanol–water partition coefficient (Wildman–Crippen LogP) is 2.45. The summed E-state index contributed by atoms with van der Waals surface area (Å²) in [5, 5.41) is 15.8. The maximum atomic E-state index is 11.5. The second-order valence-corrected chi connectivity index (χ2v) is 4.40. The minimum atomic E-state index is -0.446. The number of nitro benzene ring substituents is 1. The Balaban J connectivity index is 2.34. The number of carbonyl (C=O) groups excluding carboxylic acids is 1. The third-order valence-corrected chi connectivity index (χ3v) is 3.18. The molecule has 0 aliphatic rings. The number of hydrogen-bond donors (Lipinski definition) is 0. The van der Waals surface area contributed by atoms with Gasteiger partial charge in [-0.15, -0.1) is 0 Å². The summed E-state index contributed by atoms with van der Waals surface area (Å²) in [6.07, 6.45) is 3.90. The third-order valence-electron chi connectivity index (χ3n) is 3.18. The zero-order chi connectivity index (χ0) is 15.4. The molecule has 0 N–H and O–H groups in total. The topological polar surface area (TPSA) is 87.3 Å². The lowest BCUT2D eigenvalue weighted by atomic mass is 10.2. The molecule has 0 aliphatic carbocycles. The van der Waals surface area contributed by atoms with E-state index in [0.29, 0.717) is 24.1 Å². The number of methoxy groups -OCH3 is 1. The number of nitro groups is 1. The summed E-state index contributed by atoms with van der Waals surface area (Å²) in [6.45, 7) is 2.21. The molecule has 2 aromatic rings. The van der Waals surface area contributed by atoms with Crippen LogP contribution in [0.25, 0.3) is 10.9 Å². The van der Waals surface area contributed by atoms with Crippen molar-refractivity contribution in [2.75, 3.05) is 7.11 Å². The number of aromatic nitrogens is 2. The van der Waals surface area contributed by atoms with E-state index in [1.807, 2.05) is 6.92 Å². The number of rotatable bonds is 5. The summed E-state index contributed by atoms with van der Waals surface area (Å²) in [6, 6.07) is 4.57. The molecular weight excluding hydrogens is 274 g/mol. The molecule has 0 unspecified atom stereocenters. The molecule has 1 aromatic heterocycles. The van der Waals surface area contributed by atoms with E-state index < -0.39 is 4.92 Å². The van der Waals surface area contributed by atoms with Crippen LogP contribution in [0.15, 0.2) is 36.0 Å². The van der Waals surface area contributed by atoms with Gasteiger partial charge in [-0.1, -0.05) is 13.0 Å². The van der Waals surface area contributed by atoms with Crippen molar-refractivity contribution in [1.29, 1.82) is 0 Å². The second-order valence-electron chi connectivity index (χ2n) is 4.40. The normalized spacial score (nSPS) is 11.6. The molecule has 0 bridgehead atoms. The number of esters is 1. The fraction of sp³-hybridized carbons (Fsp3) is 0.286. The van der Waals surface area contributed by atoms with Gasteiger partial charge >= 0.3 is 5.97 Å². The monoisotopic (exact) mass is 289 g/mol. The number of benzene rings is 1. The summed E-state index contributed by atoms with van der Waals surface area (Å²) in [5.41, 5.74) is 1.21. The number of nitrogens with zero attached hydrogens (tertiary/aromatic N) is 3. The molecule has 0 spiro atoms. The molecule has 0 atom stereocenters. The molecule has 0 fully saturated rings. The van der Waals surface area contributed by atoms with E-state index in [4.69, 9.17) is 0 Å². The number of hydrogen-bond acceptors (Lipinski definition) is 5. The van der Waals surface area contributed by atoms with E-state index in [9.17, 15) is 14.9 Å². The van der Waals surface area contributed by atoms with Crippen molar-refractivity contribution in [2.24, 2.45) is 0 Å². The van der Waals surface area contributed by atoms with E-state index in [1.165, 1.54) is 19.2 Å². The van der Waals surface area contributed by atoms with Crippen LogP contribution in [-0.2, 0) is 16.1 Å². The summed E-state index contributed by atoms with van der Waals surface area (Å²) in [7, 11) is 1.33. The molecule has 0 aliphatic heterocycles.